The first-order chi connectivity index (χ1) is 12.1. The molecule has 0 heterocycles. The molecular formula is C21H32O4. The monoisotopic (exact) mass is 348 g/mol. The summed E-state index contributed by atoms with van der Waals surface area (Å²) >= 11 is 0. The van der Waals surface area contributed by atoms with Crippen LogP contribution in [-0.2, 0) is 9.59 Å². The molecule has 0 aromatic rings. The van der Waals surface area contributed by atoms with Gasteiger partial charge in [0.2, 0.25) is 0 Å². The second kappa shape index (κ2) is 18.2. The van der Waals surface area contributed by atoms with Crippen LogP contribution in [0.4, 0.5) is 0 Å². The molecule has 0 fully saturated rings. The van der Waals surface area contributed by atoms with Crippen molar-refractivity contribution in [3.63, 3.8) is 0 Å². The fourth-order valence-electron chi connectivity index (χ4n) is 2.35. The van der Waals surface area contributed by atoms with E-state index in [4.69, 9.17) is 10.2 Å². The zero-order valence-corrected chi connectivity index (χ0v) is 15.1. The number of allylic oxidation sites excluding steroid dienone is 7. The lowest BCUT2D eigenvalue weighted by Gasteiger charge is -2.01. The number of aliphatic carboxylic acids is 2. The standard InChI is InChI=1S/C21H32O4/c22-20(23)18-16-14-12-10-8-6-4-2-1-3-5-7-9-11-13-15-17-19-21(24)25/h4,6,8,10,12,14,16,18H,1-3,5,7,9,11,13,15,17,19H2,(H,22,23)(H,24,25). The molecule has 0 spiro atoms. The lowest BCUT2D eigenvalue weighted by Crippen LogP contribution is -1.93. The second-order valence-electron chi connectivity index (χ2n) is 6.01. The van der Waals surface area contributed by atoms with Crippen molar-refractivity contribution < 1.29 is 19.8 Å². The molecule has 0 aromatic heterocycles. The van der Waals surface area contributed by atoms with Crippen LogP contribution in [0.3, 0.4) is 0 Å². The van der Waals surface area contributed by atoms with Crippen LogP contribution in [0, 0.1) is 0 Å². The molecule has 0 saturated carbocycles. The van der Waals surface area contributed by atoms with Gasteiger partial charge >= 0.3 is 11.9 Å². The minimum absolute atomic E-state index is 0.306. The average Bonchev–Trinajstić information content (AvgIpc) is 2.56. The maximum absolute atomic E-state index is 10.4. The van der Waals surface area contributed by atoms with Crippen molar-refractivity contribution in [2.24, 2.45) is 0 Å². The Morgan fingerprint density at radius 1 is 0.600 bits per heavy atom. The Morgan fingerprint density at radius 3 is 1.64 bits per heavy atom. The molecule has 140 valence electrons. The van der Waals surface area contributed by atoms with Gasteiger partial charge in [-0.25, -0.2) is 4.79 Å². The molecule has 0 aromatic carbocycles. The van der Waals surface area contributed by atoms with Crippen LogP contribution in [0.25, 0.3) is 0 Å². The van der Waals surface area contributed by atoms with Crippen LogP contribution in [0.5, 0.6) is 0 Å². The minimum atomic E-state index is -0.940. The normalized spacial score (nSPS) is 12.2. The highest BCUT2D eigenvalue weighted by Gasteiger charge is 1.96. The first kappa shape index (κ1) is 22.9. The highest BCUT2D eigenvalue weighted by atomic mass is 16.4. The first-order valence-corrected chi connectivity index (χ1v) is 9.24. The van der Waals surface area contributed by atoms with Gasteiger partial charge in [0.25, 0.3) is 0 Å². The van der Waals surface area contributed by atoms with Gasteiger partial charge in [-0.05, 0) is 19.3 Å². The summed E-state index contributed by atoms with van der Waals surface area (Å²) in [5.74, 6) is -1.63. The highest BCUT2D eigenvalue weighted by Crippen LogP contribution is 2.11. The van der Waals surface area contributed by atoms with Crippen LogP contribution in [0.15, 0.2) is 48.6 Å². The van der Waals surface area contributed by atoms with Gasteiger partial charge < -0.3 is 10.2 Å². The van der Waals surface area contributed by atoms with Crippen molar-refractivity contribution in [2.75, 3.05) is 0 Å². The summed E-state index contributed by atoms with van der Waals surface area (Å²) in [4.78, 5) is 20.6. The molecule has 25 heavy (non-hydrogen) atoms. The van der Waals surface area contributed by atoms with E-state index < -0.39 is 11.9 Å². The summed E-state index contributed by atoms with van der Waals surface area (Å²) in [6.07, 6.45) is 25.9. The maximum atomic E-state index is 10.4. The van der Waals surface area contributed by atoms with Gasteiger partial charge in [-0.3, -0.25) is 4.79 Å². The maximum Gasteiger partial charge on any atom is 0.328 e. The van der Waals surface area contributed by atoms with E-state index in [0.717, 1.165) is 31.8 Å². The number of unbranched alkanes of at least 4 members (excludes halogenated alkanes) is 9. The van der Waals surface area contributed by atoms with Crippen LogP contribution < -0.4 is 0 Å². The fraction of sp³-hybridized carbons (Fsp3) is 0.524. The molecule has 0 bridgehead atoms. The van der Waals surface area contributed by atoms with Crippen molar-refractivity contribution in [3.8, 4) is 0 Å². The van der Waals surface area contributed by atoms with E-state index in [2.05, 4.69) is 6.08 Å². The predicted octanol–water partition coefficient (Wildman–Crippen LogP) is 5.67. The Morgan fingerprint density at radius 2 is 1.08 bits per heavy atom. The molecule has 0 rings (SSSR count). The number of carboxylic acids is 2. The third-order valence-electron chi connectivity index (χ3n) is 3.69. The van der Waals surface area contributed by atoms with E-state index >= 15 is 0 Å². The molecule has 4 nitrogen and oxygen atoms in total. The molecule has 0 atom stereocenters. The van der Waals surface area contributed by atoms with Gasteiger partial charge in [-0.1, -0.05) is 87.5 Å². The number of rotatable bonds is 16. The molecule has 0 saturated heterocycles. The highest BCUT2D eigenvalue weighted by molar-refractivity contribution is 5.80. The third-order valence-corrected chi connectivity index (χ3v) is 3.69. The van der Waals surface area contributed by atoms with Crippen molar-refractivity contribution in [1.29, 1.82) is 0 Å². The van der Waals surface area contributed by atoms with Gasteiger partial charge in [-0.2, -0.15) is 0 Å². The van der Waals surface area contributed by atoms with Crippen molar-refractivity contribution >= 4 is 11.9 Å². The van der Waals surface area contributed by atoms with E-state index in [1.807, 2.05) is 18.2 Å². The zero-order chi connectivity index (χ0) is 18.6. The molecular weight excluding hydrogens is 316 g/mol. The Labute approximate surface area is 151 Å². The topological polar surface area (TPSA) is 74.6 Å². The largest absolute Gasteiger partial charge is 0.481 e. The predicted molar refractivity (Wildman–Crippen MR) is 103 cm³/mol. The Hall–Kier alpha value is -2.10. The lowest BCUT2D eigenvalue weighted by molar-refractivity contribution is -0.137. The van der Waals surface area contributed by atoms with Gasteiger partial charge in [0, 0.05) is 12.5 Å². The smallest absolute Gasteiger partial charge is 0.328 e. The molecule has 2 N–H and O–H groups in total. The van der Waals surface area contributed by atoms with Gasteiger partial charge in [0.05, 0.1) is 0 Å². The summed E-state index contributed by atoms with van der Waals surface area (Å²) in [6.45, 7) is 0. The number of carbonyl (C=O) groups is 2. The summed E-state index contributed by atoms with van der Waals surface area (Å²) in [5, 5.41) is 16.9. The summed E-state index contributed by atoms with van der Waals surface area (Å²) in [7, 11) is 0. The van der Waals surface area contributed by atoms with Crippen LogP contribution in [0.2, 0.25) is 0 Å². The van der Waals surface area contributed by atoms with E-state index in [1.54, 1.807) is 12.2 Å². The molecule has 0 aliphatic rings. The zero-order valence-electron chi connectivity index (χ0n) is 15.1. The number of hydrogen-bond acceptors (Lipinski definition) is 2. The molecule has 0 amide bonds. The van der Waals surface area contributed by atoms with Gasteiger partial charge in [0.1, 0.15) is 0 Å². The van der Waals surface area contributed by atoms with Crippen LogP contribution >= 0.6 is 0 Å². The molecule has 4 heteroatoms. The third kappa shape index (κ3) is 21.9. The van der Waals surface area contributed by atoms with E-state index in [-0.39, 0.29) is 0 Å². The van der Waals surface area contributed by atoms with Crippen molar-refractivity contribution in [3.05, 3.63) is 48.6 Å². The Balaban J connectivity index is 3.32. The molecule has 0 unspecified atom stereocenters. The van der Waals surface area contributed by atoms with E-state index in [1.165, 1.54) is 44.6 Å². The van der Waals surface area contributed by atoms with Crippen molar-refractivity contribution in [2.45, 2.75) is 70.6 Å². The minimum Gasteiger partial charge on any atom is -0.481 e. The fourth-order valence-corrected chi connectivity index (χ4v) is 2.35. The number of hydrogen-bond donors (Lipinski definition) is 2. The number of carboxylic acid groups (broad SMARTS) is 2. The van der Waals surface area contributed by atoms with E-state index in [9.17, 15) is 9.59 Å². The van der Waals surface area contributed by atoms with Crippen molar-refractivity contribution in [1.82, 2.24) is 0 Å². The second-order valence-corrected chi connectivity index (χ2v) is 6.01. The van der Waals surface area contributed by atoms with Crippen LogP contribution in [0.1, 0.15) is 70.6 Å². The van der Waals surface area contributed by atoms with Gasteiger partial charge in [0.15, 0.2) is 0 Å². The lowest BCUT2D eigenvalue weighted by atomic mass is 10.1. The van der Waals surface area contributed by atoms with Gasteiger partial charge in [-0.15, -0.1) is 0 Å². The van der Waals surface area contributed by atoms with E-state index in [0.29, 0.717) is 6.42 Å². The molecule has 0 radical (unpaired) electrons. The SMILES string of the molecule is O=C(O)C=CC=CC=CC=CCCCCCCCCCCCC(=O)O. The summed E-state index contributed by atoms with van der Waals surface area (Å²) in [5.41, 5.74) is 0. The molecule has 0 aliphatic carbocycles. The summed E-state index contributed by atoms with van der Waals surface area (Å²) < 4.78 is 0. The Kier molecular flexibility index (Phi) is 16.7. The average molecular weight is 348 g/mol. The Bertz CT molecular complexity index is 459. The summed E-state index contributed by atoms with van der Waals surface area (Å²) in [6, 6.07) is 0. The first-order valence-electron chi connectivity index (χ1n) is 9.24. The quantitative estimate of drug-likeness (QED) is 0.214. The molecule has 0 aliphatic heterocycles. The van der Waals surface area contributed by atoms with Crippen LogP contribution in [-0.4, -0.2) is 22.2 Å².